The first kappa shape index (κ1) is 27.3. The van der Waals surface area contributed by atoms with Crippen molar-refractivity contribution < 1.29 is 31.9 Å². The second kappa shape index (κ2) is 11.3. The van der Waals surface area contributed by atoms with E-state index in [-0.39, 0.29) is 54.7 Å². The van der Waals surface area contributed by atoms with Crippen molar-refractivity contribution in [3.8, 4) is 11.5 Å². The van der Waals surface area contributed by atoms with Crippen LogP contribution in [0.5, 0.6) is 0 Å². The van der Waals surface area contributed by atoms with Crippen LogP contribution < -0.4 is 0 Å². The van der Waals surface area contributed by atoms with Crippen LogP contribution in [0.3, 0.4) is 0 Å². The van der Waals surface area contributed by atoms with Gasteiger partial charge in [-0.05, 0) is 24.5 Å². The first-order chi connectivity index (χ1) is 17.6. The van der Waals surface area contributed by atoms with Crippen molar-refractivity contribution in [3.05, 3.63) is 35.0 Å². The molecule has 3 atom stereocenters. The van der Waals surface area contributed by atoms with E-state index < -0.39 is 28.1 Å². The van der Waals surface area contributed by atoms with Gasteiger partial charge in [-0.1, -0.05) is 18.5 Å². The van der Waals surface area contributed by atoms with Gasteiger partial charge in [0.15, 0.2) is 11.0 Å². The Balaban J connectivity index is 1.32. The minimum absolute atomic E-state index is 0.0568. The fourth-order valence-electron chi connectivity index (χ4n) is 4.78. The van der Waals surface area contributed by atoms with Gasteiger partial charge in [-0.3, -0.25) is 4.79 Å². The fraction of sp³-hybridized carbons (Fsp3) is 0.565. The number of pyridine rings is 1. The zero-order valence-electron chi connectivity index (χ0n) is 20.5. The van der Waals surface area contributed by atoms with E-state index in [9.17, 15) is 22.4 Å². The van der Waals surface area contributed by atoms with Gasteiger partial charge in [-0.25, -0.2) is 31.9 Å². The third kappa shape index (κ3) is 6.39. The van der Waals surface area contributed by atoms with Crippen LogP contribution in [0.2, 0.25) is 5.15 Å². The number of nitrogens with one attached hydrogen (secondary N) is 1. The van der Waals surface area contributed by atoms with Crippen molar-refractivity contribution in [2.45, 2.75) is 38.2 Å². The summed E-state index contributed by atoms with van der Waals surface area (Å²) in [6.07, 6.45) is 0.682. The maximum absolute atomic E-state index is 13.2. The number of likely N-dealkylation sites (tertiary alicyclic amines) is 1. The number of imidazole rings is 1. The molecule has 37 heavy (non-hydrogen) atoms. The molecule has 4 heterocycles. The van der Waals surface area contributed by atoms with Crippen LogP contribution in [0.1, 0.15) is 37.8 Å². The van der Waals surface area contributed by atoms with Gasteiger partial charge in [0.2, 0.25) is 15.9 Å². The van der Waals surface area contributed by atoms with Gasteiger partial charge in [0, 0.05) is 38.4 Å². The predicted octanol–water partition coefficient (Wildman–Crippen LogP) is 2.79. The first-order valence-electron chi connectivity index (χ1n) is 11.9. The Morgan fingerprint density at radius 1 is 1.24 bits per heavy atom. The molecule has 0 radical (unpaired) electrons. The van der Waals surface area contributed by atoms with Gasteiger partial charge < -0.3 is 19.4 Å². The Morgan fingerprint density at radius 3 is 2.70 bits per heavy atom. The van der Waals surface area contributed by atoms with Crippen molar-refractivity contribution in [1.82, 2.24) is 24.2 Å². The van der Waals surface area contributed by atoms with Crippen molar-refractivity contribution >= 4 is 33.7 Å². The fourth-order valence-corrected chi connectivity index (χ4v) is 6.58. The molecule has 1 amide bonds. The number of ether oxygens (including phenoxy) is 2. The number of aromatic amines is 1. The smallest absolute Gasteiger partial charge is 0.438 e. The lowest BCUT2D eigenvalue weighted by atomic mass is 9.86. The molecule has 0 aliphatic carbocycles. The number of rotatable bonds is 7. The van der Waals surface area contributed by atoms with Gasteiger partial charge in [-0.15, -0.1) is 0 Å². The van der Waals surface area contributed by atoms with Crippen LogP contribution in [-0.2, 0) is 24.3 Å². The molecule has 2 aromatic heterocycles. The number of aromatic nitrogens is 3. The van der Waals surface area contributed by atoms with Crippen LogP contribution >= 0.6 is 11.6 Å². The molecule has 4 rings (SSSR count). The topological polar surface area (TPSA) is 135 Å². The average molecular weight is 558 g/mol. The van der Waals surface area contributed by atoms with E-state index in [0.717, 1.165) is 6.20 Å². The first-order valence-corrected chi connectivity index (χ1v) is 13.9. The van der Waals surface area contributed by atoms with E-state index in [2.05, 4.69) is 19.7 Å². The third-order valence-electron chi connectivity index (χ3n) is 6.79. The van der Waals surface area contributed by atoms with E-state index in [4.69, 9.17) is 16.3 Å². The third-order valence-corrected chi connectivity index (χ3v) is 8.92. The highest BCUT2D eigenvalue weighted by atomic mass is 35.5. The van der Waals surface area contributed by atoms with Gasteiger partial charge in [0.25, 0.3) is 0 Å². The molecule has 14 heteroatoms. The molecule has 0 unspecified atom stereocenters. The van der Waals surface area contributed by atoms with E-state index in [1.807, 2.05) is 6.92 Å². The zero-order chi connectivity index (χ0) is 26.7. The zero-order valence-corrected chi connectivity index (χ0v) is 22.1. The Kier molecular flexibility index (Phi) is 8.34. The largest absolute Gasteiger partial charge is 0.508 e. The summed E-state index contributed by atoms with van der Waals surface area (Å²) in [6.45, 7) is 3.11. The number of hydrogen-bond donors (Lipinski definition) is 1. The van der Waals surface area contributed by atoms with Crippen LogP contribution in [-0.4, -0.2) is 89.8 Å². The number of nitrogens with zero attached hydrogens (tertiary/aromatic N) is 4. The van der Waals surface area contributed by atoms with Crippen molar-refractivity contribution in [1.29, 1.82) is 0 Å². The number of carbonyl (C=O) groups excluding carboxylic acids is 2. The number of amides is 1. The highest BCUT2D eigenvalue weighted by Gasteiger charge is 2.36. The standard InChI is InChI=1S/C23H29ClFN5O6S/c1-14-12-30(37(33,34)10-7-19(31)29-8-5-16(13-29)36-23(32)35-2)9-6-17(14)20-21(24)28-22(27-20)18-4-3-15(25)11-26-18/h3-4,11,14,16-17H,5-10,12-13H2,1-2H3,(H,27,28)/t14-,16+,17+/m0/s1. The normalized spacial score (nSPS) is 22.7. The summed E-state index contributed by atoms with van der Waals surface area (Å²) in [5.41, 5.74) is 1.15. The van der Waals surface area contributed by atoms with Gasteiger partial charge in [0.05, 0.1) is 31.3 Å². The summed E-state index contributed by atoms with van der Waals surface area (Å²) < 4.78 is 50.2. The molecule has 2 saturated heterocycles. The summed E-state index contributed by atoms with van der Waals surface area (Å²) in [5.74, 6) is -0.758. The average Bonchev–Trinajstić information content (AvgIpc) is 3.49. The number of sulfonamides is 1. The molecular formula is C23H29ClFN5O6S. The number of piperidine rings is 1. The number of methoxy groups -OCH3 is 1. The minimum atomic E-state index is -3.66. The summed E-state index contributed by atoms with van der Waals surface area (Å²) in [4.78, 5) is 36.8. The summed E-state index contributed by atoms with van der Waals surface area (Å²) >= 11 is 6.39. The van der Waals surface area contributed by atoms with Gasteiger partial charge in [-0.2, -0.15) is 0 Å². The summed E-state index contributed by atoms with van der Waals surface area (Å²) in [7, 11) is -2.45. The molecule has 2 aliphatic rings. The lowest BCUT2D eigenvalue weighted by molar-refractivity contribution is -0.130. The van der Waals surface area contributed by atoms with E-state index >= 15 is 0 Å². The van der Waals surface area contributed by atoms with Crippen molar-refractivity contribution in [2.75, 3.05) is 39.0 Å². The maximum atomic E-state index is 13.2. The Hall–Kier alpha value is -2.77. The van der Waals surface area contributed by atoms with Crippen LogP contribution in [0.25, 0.3) is 11.5 Å². The summed E-state index contributed by atoms with van der Waals surface area (Å²) in [5, 5.41) is 0.278. The molecule has 202 valence electrons. The Bertz CT molecular complexity index is 1240. The molecule has 0 spiro atoms. The lowest BCUT2D eigenvalue weighted by Gasteiger charge is -2.35. The quantitative estimate of drug-likeness (QED) is 0.513. The SMILES string of the molecule is COC(=O)O[C@@H]1CCN(C(=O)CCS(=O)(=O)N2CC[C@@H](c3[nH]c(-c4ccc(F)cn4)nc3Cl)[C@@H](C)C2)C1. The van der Waals surface area contributed by atoms with Crippen molar-refractivity contribution in [3.63, 3.8) is 0 Å². The highest BCUT2D eigenvalue weighted by Crippen LogP contribution is 2.37. The Labute approximate surface area is 219 Å². The van der Waals surface area contributed by atoms with E-state index in [0.29, 0.717) is 36.6 Å². The minimum Gasteiger partial charge on any atom is -0.438 e. The second-order valence-electron chi connectivity index (χ2n) is 9.27. The molecule has 2 fully saturated rings. The monoisotopic (exact) mass is 557 g/mol. The van der Waals surface area contributed by atoms with Crippen LogP contribution in [0.15, 0.2) is 18.3 Å². The molecule has 2 aliphatic heterocycles. The number of H-pyrrole nitrogens is 1. The molecular weight excluding hydrogens is 529 g/mol. The number of halogens is 2. The number of carbonyl (C=O) groups is 2. The van der Waals surface area contributed by atoms with Gasteiger partial charge in [0.1, 0.15) is 17.6 Å². The van der Waals surface area contributed by atoms with Gasteiger partial charge >= 0.3 is 6.16 Å². The molecule has 0 aromatic carbocycles. The molecule has 0 bridgehead atoms. The Morgan fingerprint density at radius 2 is 2.03 bits per heavy atom. The predicted molar refractivity (Wildman–Crippen MR) is 132 cm³/mol. The van der Waals surface area contributed by atoms with Crippen molar-refractivity contribution in [2.24, 2.45) is 5.92 Å². The molecule has 1 N–H and O–H groups in total. The highest BCUT2D eigenvalue weighted by molar-refractivity contribution is 7.89. The van der Waals surface area contributed by atoms with Crippen LogP contribution in [0.4, 0.5) is 9.18 Å². The maximum Gasteiger partial charge on any atom is 0.508 e. The second-order valence-corrected chi connectivity index (χ2v) is 11.7. The van der Waals surface area contributed by atoms with E-state index in [1.54, 1.807) is 0 Å². The lowest BCUT2D eigenvalue weighted by Crippen LogP contribution is -2.44. The van der Waals surface area contributed by atoms with E-state index in [1.165, 1.54) is 28.4 Å². The number of hydrogen-bond acceptors (Lipinski definition) is 8. The molecule has 11 nitrogen and oxygen atoms in total. The van der Waals surface area contributed by atoms with Crippen LogP contribution in [0, 0.1) is 11.7 Å². The molecule has 0 saturated carbocycles. The molecule has 2 aromatic rings. The summed E-state index contributed by atoms with van der Waals surface area (Å²) in [6, 6.07) is 2.79.